The molecule has 2 atom stereocenters. The van der Waals surface area contributed by atoms with Gasteiger partial charge in [0, 0.05) is 12.8 Å². The van der Waals surface area contributed by atoms with E-state index in [4.69, 9.17) is 21.7 Å². The Labute approximate surface area is 113 Å². The number of carbonyl (C=O) groups excluding carboxylic acids is 2. The predicted octanol–water partition coefficient (Wildman–Crippen LogP) is -0.843. The van der Waals surface area contributed by atoms with Crippen LogP contribution in [0.25, 0.3) is 0 Å². The van der Waals surface area contributed by atoms with Crippen LogP contribution in [-0.4, -0.2) is 44.5 Å². The average Bonchev–Trinajstić information content (AvgIpc) is 2.32. The van der Waals surface area contributed by atoms with Crippen molar-refractivity contribution in [1.29, 1.82) is 0 Å². The van der Waals surface area contributed by atoms with Crippen LogP contribution < -0.4 is 11.5 Å². The lowest BCUT2D eigenvalue weighted by Gasteiger charge is -2.11. The Hall–Kier alpha value is -1.45. The standard InChI is InChI=1S/C10H16N2O6S/c11-5(1-3-7(13)14)9(17)19-10(18)6(12)2-4-8(15)16/h5-6H,1-4,11-12H2,(H,13,14)(H,15,16)/t5-,6-/m0/s1. The molecule has 9 heteroatoms. The second-order valence-electron chi connectivity index (χ2n) is 3.82. The van der Waals surface area contributed by atoms with E-state index in [0.717, 1.165) is 0 Å². The number of carboxylic acids is 2. The second kappa shape index (κ2) is 8.62. The zero-order valence-electron chi connectivity index (χ0n) is 10.1. The molecule has 6 N–H and O–H groups in total. The summed E-state index contributed by atoms with van der Waals surface area (Å²) in [7, 11) is 0. The monoisotopic (exact) mass is 292 g/mol. The summed E-state index contributed by atoms with van der Waals surface area (Å²) >= 11 is 0.305. The highest BCUT2D eigenvalue weighted by Gasteiger charge is 2.23. The molecule has 0 aliphatic carbocycles. The third-order valence-corrected chi connectivity index (χ3v) is 3.15. The SMILES string of the molecule is N[C@@H](CCC(=O)O)C(=O)SC(=O)[C@@H](N)CCC(=O)O. The van der Waals surface area contributed by atoms with Crippen molar-refractivity contribution in [2.24, 2.45) is 11.5 Å². The number of hydrogen-bond donors (Lipinski definition) is 4. The van der Waals surface area contributed by atoms with Gasteiger partial charge in [0.1, 0.15) is 0 Å². The van der Waals surface area contributed by atoms with Crippen molar-refractivity contribution in [2.75, 3.05) is 0 Å². The van der Waals surface area contributed by atoms with Gasteiger partial charge in [-0.15, -0.1) is 0 Å². The van der Waals surface area contributed by atoms with E-state index in [1.54, 1.807) is 0 Å². The van der Waals surface area contributed by atoms with Gasteiger partial charge in [0.2, 0.25) is 10.2 Å². The van der Waals surface area contributed by atoms with E-state index in [0.29, 0.717) is 11.8 Å². The lowest BCUT2D eigenvalue weighted by atomic mass is 10.2. The third-order valence-electron chi connectivity index (χ3n) is 2.15. The topological polar surface area (TPSA) is 161 Å². The Morgan fingerprint density at radius 2 is 1.16 bits per heavy atom. The van der Waals surface area contributed by atoms with E-state index in [2.05, 4.69) is 0 Å². The molecule has 0 aromatic rings. The van der Waals surface area contributed by atoms with Gasteiger partial charge in [0.25, 0.3) is 0 Å². The lowest BCUT2D eigenvalue weighted by Crippen LogP contribution is -2.34. The third kappa shape index (κ3) is 8.30. The van der Waals surface area contributed by atoms with Gasteiger partial charge >= 0.3 is 11.9 Å². The molecule has 0 aliphatic heterocycles. The van der Waals surface area contributed by atoms with Crippen LogP contribution in [0.3, 0.4) is 0 Å². The van der Waals surface area contributed by atoms with Gasteiger partial charge in [-0.25, -0.2) is 0 Å². The van der Waals surface area contributed by atoms with Crippen LogP contribution in [0.5, 0.6) is 0 Å². The minimum absolute atomic E-state index is 0.0706. The zero-order chi connectivity index (χ0) is 15.0. The van der Waals surface area contributed by atoms with E-state index < -0.39 is 34.3 Å². The van der Waals surface area contributed by atoms with E-state index in [9.17, 15) is 19.2 Å². The molecule has 0 heterocycles. The second-order valence-corrected chi connectivity index (χ2v) is 4.83. The maximum Gasteiger partial charge on any atom is 0.303 e. The number of aliphatic carboxylic acids is 2. The molecule has 0 aromatic carbocycles. The van der Waals surface area contributed by atoms with Gasteiger partial charge in [-0.1, -0.05) is 0 Å². The fourth-order valence-electron chi connectivity index (χ4n) is 1.04. The number of nitrogens with two attached hydrogens (primary N) is 2. The van der Waals surface area contributed by atoms with Gasteiger partial charge in [0.05, 0.1) is 12.1 Å². The van der Waals surface area contributed by atoms with Crippen molar-refractivity contribution in [3.8, 4) is 0 Å². The molecular formula is C10H16N2O6S. The van der Waals surface area contributed by atoms with Crippen molar-refractivity contribution in [3.63, 3.8) is 0 Å². The van der Waals surface area contributed by atoms with E-state index in [-0.39, 0.29) is 25.7 Å². The molecular weight excluding hydrogens is 276 g/mol. The van der Waals surface area contributed by atoms with Gasteiger partial charge in [-0.2, -0.15) is 0 Å². The average molecular weight is 292 g/mol. The zero-order valence-corrected chi connectivity index (χ0v) is 10.9. The Bertz CT molecular complexity index is 339. The first kappa shape index (κ1) is 17.6. The first-order valence-electron chi connectivity index (χ1n) is 5.44. The minimum Gasteiger partial charge on any atom is -0.481 e. The number of thioether (sulfide) groups is 1. The van der Waals surface area contributed by atoms with Crippen molar-refractivity contribution in [1.82, 2.24) is 0 Å². The van der Waals surface area contributed by atoms with Crippen LogP contribution in [0.15, 0.2) is 0 Å². The molecule has 0 saturated carbocycles. The molecule has 108 valence electrons. The Balaban J connectivity index is 4.12. The van der Waals surface area contributed by atoms with Crippen LogP contribution in [0.1, 0.15) is 25.7 Å². The van der Waals surface area contributed by atoms with Gasteiger partial charge in [-0.05, 0) is 24.6 Å². The first-order chi connectivity index (χ1) is 8.73. The van der Waals surface area contributed by atoms with Gasteiger partial charge in [0.15, 0.2) is 0 Å². The summed E-state index contributed by atoms with van der Waals surface area (Å²) in [6.45, 7) is 0. The first-order valence-corrected chi connectivity index (χ1v) is 6.26. The molecule has 19 heavy (non-hydrogen) atoms. The molecule has 0 unspecified atom stereocenters. The molecule has 0 aromatic heterocycles. The number of carbonyl (C=O) groups is 4. The normalized spacial score (nSPS) is 13.6. The van der Waals surface area contributed by atoms with Crippen LogP contribution in [0.4, 0.5) is 0 Å². The number of hydrogen-bond acceptors (Lipinski definition) is 7. The summed E-state index contributed by atoms with van der Waals surface area (Å²) in [5.41, 5.74) is 10.8. The maximum absolute atomic E-state index is 11.5. The molecule has 0 fully saturated rings. The predicted molar refractivity (Wildman–Crippen MR) is 67.3 cm³/mol. The Morgan fingerprint density at radius 1 is 0.842 bits per heavy atom. The molecule has 8 nitrogen and oxygen atoms in total. The van der Waals surface area contributed by atoms with E-state index in [1.165, 1.54) is 0 Å². The number of carboxylic acid groups (broad SMARTS) is 2. The van der Waals surface area contributed by atoms with Gasteiger partial charge in [-0.3, -0.25) is 19.2 Å². The fourth-order valence-corrected chi connectivity index (χ4v) is 1.78. The van der Waals surface area contributed by atoms with Crippen LogP contribution >= 0.6 is 11.8 Å². The maximum atomic E-state index is 11.5. The van der Waals surface area contributed by atoms with Crippen molar-refractivity contribution < 1.29 is 29.4 Å². The molecule has 0 spiro atoms. The quantitative estimate of drug-likeness (QED) is 0.446. The molecule has 0 radical (unpaired) electrons. The minimum atomic E-state index is -1.09. The molecule has 0 saturated heterocycles. The lowest BCUT2D eigenvalue weighted by molar-refractivity contribution is -0.138. The molecule has 0 bridgehead atoms. The largest absolute Gasteiger partial charge is 0.481 e. The van der Waals surface area contributed by atoms with Crippen LogP contribution in [0.2, 0.25) is 0 Å². The highest BCUT2D eigenvalue weighted by molar-refractivity contribution is 8.26. The van der Waals surface area contributed by atoms with Crippen molar-refractivity contribution in [2.45, 2.75) is 37.8 Å². The van der Waals surface area contributed by atoms with Crippen molar-refractivity contribution >= 4 is 33.9 Å². The van der Waals surface area contributed by atoms with Crippen LogP contribution in [-0.2, 0) is 19.2 Å². The fraction of sp³-hybridized carbons (Fsp3) is 0.600. The summed E-state index contributed by atoms with van der Waals surface area (Å²) < 4.78 is 0. The van der Waals surface area contributed by atoms with Gasteiger partial charge < -0.3 is 21.7 Å². The number of rotatable bonds is 8. The Morgan fingerprint density at radius 3 is 1.42 bits per heavy atom. The smallest absolute Gasteiger partial charge is 0.303 e. The van der Waals surface area contributed by atoms with E-state index >= 15 is 0 Å². The summed E-state index contributed by atoms with van der Waals surface area (Å²) in [4.78, 5) is 43.5. The van der Waals surface area contributed by atoms with E-state index in [1.807, 2.05) is 0 Å². The molecule has 0 aliphatic rings. The highest BCUT2D eigenvalue weighted by Crippen LogP contribution is 2.13. The summed E-state index contributed by atoms with van der Waals surface area (Å²) in [5, 5.41) is 15.5. The summed E-state index contributed by atoms with van der Waals surface area (Å²) in [6, 6.07) is -2.12. The Kier molecular flexibility index (Phi) is 7.96. The highest BCUT2D eigenvalue weighted by atomic mass is 32.2. The van der Waals surface area contributed by atoms with Crippen LogP contribution in [0, 0.1) is 0 Å². The summed E-state index contributed by atoms with van der Waals surface area (Å²) in [5.74, 6) is -2.17. The summed E-state index contributed by atoms with van der Waals surface area (Å²) in [6.07, 6.45) is -0.683. The van der Waals surface area contributed by atoms with Crippen molar-refractivity contribution in [3.05, 3.63) is 0 Å². The molecule has 0 rings (SSSR count). The molecule has 0 amide bonds.